The average Bonchev–Trinajstić information content (AvgIpc) is 2.88. The molecule has 0 bridgehead atoms. The summed E-state index contributed by atoms with van der Waals surface area (Å²) < 4.78 is 22.4. The van der Waals surface area contributed by atoms with Crippen LogP contribution in [0.2, 0.25) is 0 Å². The van der Waals surface area contributed by atoms with E-state index in [0.29, 0.717) is 39.8 Å². The molecule has 0 saturated heterocycles. The molecule has 2 N–H and O–H groups in total. The van der Waals surface area contributed by atoms with E-state index in [1.165, 1.54) is 14.2 Å². The summed E-state index contributed by atoms with van der Waals surface area (Å²) in [5, 5.41) is 9.81. The number of methoxy groups -OCH3 is 3. The third-order valence-electron chi connectivity index (χ3n) is 5.28. The Morgan fingerprint density at radius 2 is 1.44 bits per heavy atom. The van der Waals surface area contributed by atoms with Gasteiger partial charge in [-0.25, -0.2) is 4.98 Å². The summed E-state index contributed by atoms with van der Waals surface area (Å²) in [6, 6.07) is 24.6. The molecule has 4 rings (SSSR count). The maximum atomic E-state index is 9.81. The largest absolute Gasteiger partial charge is 0.493 e. The number of ether oxygens (including phenoxy) is 4. The minimum absolute atomic E-state index is 0.122. The van der Waals surface area contributed by atoms with Crippen molar-refractivity contribution in [2.45, 2.75) is 0 Å². The summed E-state index contributed by atoms with van der Waals surface area (Å²) in [5.74, 6) is 2.93. The SMILES string of the molecule is COc1ccc(-c2cc(-c3ccc(Oc4ccccc4)cc3)nc(N)c2C#N)c(OC)c1OC. The highest BCUT2D eigenvalue weighted by atomic mass is 16.5. The number of anilines is 1. The fourth-order valence-corrected chi connectivity index (χ4v) is 3.67. The summed E-state index contributed by atoms with van der Waals surface area (Å²) in [7, 11) is 4.61. The van der Waals surface area contributed by atoms with E-state index in [0.717, 1.165) is 11.3 Å². The van der Waals surface area contributed by atoms with Gasteiger partial charge in [0.15, 0.2) is 11.5 Å². The van der Waals surface area contributed by atoms with Crippen molar-refractivity contribution in [3.05, 3.63) is 78.4 Å². The summed E-state index contributed by atoms with van der Waals surface area (Å²) in [5.41, 5.74) is 9.09. The number of rotatable bonds is 7. The van der Waals surface area contributed by atoms with Crippen molar-refractivity contribution >= 4 is 5.82 Å². The molecule has 34 heavy (non-hydrogen) atoms. The van der Waals surface area contributed by atoms with Crippen LogP contribution in [0, 0.1) is 11.3 Å². The Morgan fingerprint density at radius 1 is 0.765 bits per heavy atom. The molecular weight excluding hydrogens is 430 g/mol. The minimum atomic E-state index is 0.122. The Bertz CT molecular complexity index is 1350. The first-order chi connectivity index (χ1) is 16.6. The lowest BCUT2D eigenvalue weighted by Gasteiger charge is -2.17. The first-order valence-corrected chi connectivity index (χ1v) is 10.4. The number of aromatic nitrogens is 1. The molecule has 4 aromatic rings. The molecule has 0 aliphatic heterocycles. The Morgan fingerprint density at radius 3 is 2.06 bits per heavy atom. The number of para-hydroxylation sites is 1. The number of nitrogen functional groups attached to an aromatic ring is 1. The number of hydrogen-bond acceptors (Lipinski definition) is 7. The van der Waals surface area contributed by atoms with Crippen molar-refractivity contribution in [3.8, 4) is 57.2 Å². The van der Waals surface area contributed by atoms with Gasteiger partial charge in [-0.05, 0) is 54.6 Å². The molecule has 7 heteroatoms. The van der Waals surface area contributed by atoms with E-state index in [4.69, 9.17) is 24.7 Å². The molecule has 170 valence electrons. The van der Waals surface area contributed by atoms with Crippen LogP contribution in [0.5, 0.6) is 28.7 Å². The van der Waals surface area contributed by atoms with E-state index < -0.39 is 0 Å². The van der Waals surface area contributed by atoms with Crippen LogP contribution in [0.3, 0.4) is 0 Å². The van der Waals surface area contributed by atoms with Crippen LogP contribution in [0.15, 0.2) is 72.8 Å². The van der Waals surface area contributed by atoms with Crippen LogP contribution >= 0.6 is 0 Å². The standard InChI is InChI=1S/C27H23N3O4/c1-31-24-14-13-20(25(32-2)26(24)33-3)21-15-23(30-27(29)22(21)16-28)17-9-11-19(12-10-17)34-18-7-5-4-6-8-18/h4-15H,1-3H3,(H2,29,30). The summed E-state index contributed by atoms with van der Waals surface area (Å²) in [6.45, 7) is 0. The lowest BCUT2D eigenvalue weighted by molar-refractivity contribution is 0.325. The topological polar surface area (TPSA) is 99.6 Å². The zero-order chi connectivity index (χ0) is 24.1. The number of nitrogens with zero attached hydrogens (tertiary/aromatic N) is 2. The second-order valence-corrected chi connectivity index (χ2v) is 7.25. The second kappa shape index (κ2) is 9.84. The van der Waals surface area contributed by atoms with E-state index in [9.17, 15) is 5.26 Å². The Balaban J connectivity index is 1.78. The molecule has 0 fully saturated rings. The summed E-state index contributed by atoms with van der Waals surface area (Å²) >= 11 is 0. The molecular formula is C27H23N3O4. The van der Waals surface area contributed by atoms with Crippen LogP contribution in [0.4, 0.5) is 5.82 Å². The monoisotopic (exact) mass is 453 g/mol. The zero-order valence-corrected chi connectivity index (χ0v) is 19.0. The average molecular weight is 453 g/mol. The van der Waals surface area contributed by atoms with Crippen LogP contribution < -0.4 is 24.7 Å². The lowest BCUT2D eigenvalue weighted by Crippen LogP contribution is -2.02. The van der Waals surface area contributed by atoms with Gasteiger partial charge in [-0.1, -0.05) is 18.2 Å². The Kier molecular flexibility index (Phi) is 6.51. The molecule has 1 heterocycles. The van der Waals surface area contributed by atoms with E-state index >= 15 is 0 Å². The van der Waals surface area contributed by atoms with E-state index in [1.54, 1.807) is 19.2 Å². The van der Waals surface area contributed by atoms with E-state index in [-0.39, 0.29) is 11.4 Å². The number of hydrogen-bond donors (Lipinski definition) is 1. The number of benzene rings is 3. The maximum absolute atomic E-state index is 9.81. The van der Waals surface area contributed by atoms with Crippen LogP contribution in [0.25, 0.3) is 22.4 Å². The molecule has 0 unspecified atom stereocenters. The fraction of sp³-hybridized carbons (Fsp3) is 0.111. The molecule has 0 aliphatic rings. The van der Waals surface area contributed by atoms with Crippen LogP contribution in [-0.2, 0) is 0 Å². The van der Waals surface area contributed by atoms with Crippen molar-refractivity contribution < 1.29 is 18.9 Å². The minimum Gasteiger partial charge on any atom is -0.493 e. The highest BCUT2D eigenvalue weighted by Gasteiger charge is 2.21. The van der Waals surface area contributed by atoms with Crippen molar-refractivity contribution in [1.82, 2.24) is 4.98 Å². The van der Waals surface area contributed by atoms with Gasteiger partial charge in [-0.2, -0.15) is 5.26 Å². The van der Waals surface area contributed by atoms with Gasteiger partial charge in [0.1, 0.15) is 28.9 Å². The summed E-state index contributed by atoms with van der Waals surface area (Å²) in [6.07, 6.45) is 0. The van der Waals surface area contributed by atoms with Gasteiger partial charge in [-0.15, -0.1) is 0 Å². The third kappa shape index (κ3) is 4.30. The smallest absolute Gasteiger partial charge is 0.203 e. The predicted molar refractivity (Wildman–Crippen MR) is 130 cm³/mol. The lowest BCUT2D eigenvalue weighted by atomic mass is 9.97. The van der Waals surface area contributed by atoms with Crippen LogP contribution in [-0.4, -0.2) is 26.3 Å². The van der Waals surface area contributed by atoms with E-state index in [2.05, 4.69) is 11.1 Å². The maximum Gasteiger partial charge on any atom is 0.203 e. The molecule has 1 aromatic heterocycles. The normalized spacial score (nSPS) is 10.3. The highest BCUT2D eigenvalue weighted by molar-refractivity contribution is 5.85. The van der Waals surface area contributed by atoms with E-state index in [1.807, 2.05) is 60.7 Å². The molecule has 0 aliphatic carbocycles. The van der Waals surface area contributed by atoms with Gasteiger partial charge in [-0.3, -0.25) is 0 Å². The van der Waals surface area contributed by atoms with Crippen molar-refractivity contribution in [3.63, 3.8) is 0 Å². The number of pyridine rings is 1. The van der Waals surface area contributed by atoms with Gasteiger partial charge >= 0.3 is 0 Å². The zero-order valence-electron chi connectivity index (χ0n) is 19.0. The molecule has 3 aromatic carbocycles. The van der Waals surface area contributed by atoms with Crippen molar-refractivity contribution in [1.29, 1.82) is 5.26 Å². The van der Waals surface area contributed by atoms with Crippen LogP contribution in [0.1, 0.15) is 5.56 Å². The van der Waals surface area contributed by atoms with Crippen molar-refractivity contribution in [2.24, 2.45) is 0 Å². The predicted octanol–water partition coefficient (Wildman–Crippen LogP) is 5.69. The summed E-state index contributed by atoms with van der Waals surface area (Å²) in [4.78, 5) is 4.46. The van der Waals surface area contributed by atoms with Gasteiger partial charge in [0.05, 0.1) is 27.0 Å². The quantitative estimate of drug-likeness (QED) is 0.384. The molecule has 0 atom stereocenters. The molecule has 7 nitrogen and oxygen atoms in total. The molecule has 0 amide bonds. The highest BCUT2D eigenvalue weighted by Crippen LogP contribution is 2.46. The van der Waals surface area contributed by atoms with Gasteiger partial charge in [0.25, 0.3) is 0 Å². The van der Waals surface area contributed by atoms with Gasteiger partial charge in [0.2, 0.25) is 5.75 Å². The molecule has 0 radical (unpaired) electrons. The third-order valence-corrected chi connectivity index (χ3v) is 5.28. The van der Waals surface area contributed by atoms with Crippen molar-refractivity contribution in [2.75, 3.05) is 27.1 Å². The first kappa shape index (κ1) is 22.5. The Hall–Kier alpha value is -4.70. The first-order valence-electron chi connectivity index (χ1n) is 10.4. The molecule has 0 saturated carbocycles. The van der Waals surface area contributed by atoms with Gasteiger partial charge < -0.3 is 24.7 Å². The Labute approximate surface area is 197 Å². The number of nitriles is 1. The molecule has 0 spiro atoms. The van der Waals surface area contributed by atoms with Gasteiger partial charge in [0, 0.05) is 16.7 Å². The number of nitrogens with two attached hydrogens (primary N) is 1. The fourth-order valence-electron chi connectivity index (χ4n) is 3.67. The second-order valence-electron chi connectivity index (χ2n) is 7.25.